The van der Waals surface area contributed by atoms with Crippen LogP contribution in [0.2, 0.25) is 0 Å². The Kier molecular flexibility index (Phi) is 4.13. The van der Waals surface area contributed by atoms with Crippen molar-refractivity contribution >= 4 is 11.7 Å². The van der Waals surface area contributed by atoms with Crippen LogP contribution in [0.4, 0.5) is 5.69 Å². The molecule has 0 saturated carbocycles. The number of hydrogen-bond donors (Lipinski definition) is 2. The first-order valence-corrected chi connectivity index (χ1v) is 6.28. The van der Waals surface area contributed by atoms with E-state index in [1.807, 2.05) is 18.2 Å². The monoisotopic (exact) mass is 265 g/mol. The molecule has 106 valence electrons. The summed E-state index contributed by atoms with van der Waals surface area (Å²) in [5.74, 6) is -0.0770. The SMILES string of the molecule is COc1ccc(NC(C)(C)C(=O)O)cc1C(C)(C)C. The molecule has 0 unspecified atom stereocenters. The highest BCUT2D eigenvalue weighted by atomic mass is 16.5. The second kappa shape index (κ2) is 5.11. The van der Waals surface area contributed by atoms with Crippen LogP contribution < -0.4 is 10.1 Å². The van der Waals surface area contributed by atoms with Crippen molar-refractivity contribution in [1.29, 1.82) is 0 Å². The number of aliphatic carboxylic acids is 1. The minimum Gasteiger partial charge on any atom is -0.496 e. The first-order chi connectivity index (χ1) is 8.58. The lowest BCUT2D eigenvalue weighted by molar-refractivity contribution is -0.141. The standard InChI is InChI=1S/C15H23NO3/c1-14(2,3)11-9-10(7-8-12(11)19-6)16-15(4,5)13(17)18/h7-9,16H,1-6H3,(H,17,18). The molecule has 0 radical (unpaired) electrons. The summed E-state index contributed by atoms with van der Waals surface area (Å²) in [4.78, 5) is 11.1. The minimum absolute atomic E-state index is 0.0730. The van der Waals surface area contributed by atoms with Crippen molar-refractivity contribution < 1.29 is 14.6 Å². The van der Waals surface area contributed by atoms with Gasteiger partial charge in [-0.15, -0.1) is 0 Å². The molecule has 0 aliphatic heterocycles. The highest BCUT2D eigenvalue weighted by Crippen LogP contribution is 2.34. The van der Waals surface area contributed by atoms with Gasteiger partial charge >= 0.3 is 5.97 Å². The average Bonchev–Trinajstić information content (AvgIpc) is 2.27. The molecule has 0 aliphatic carbocycles. The quantitative estimate of drug-likeness (QED) is 0.877. The van der Waals surface area contributed by atoms with Crippen molar-refractivity contribution in [3.63, 3.8) is 0 Å². The largest absolute Gasteiger partial charge is 0.496 e. The molecule has 0 saturated heterocycles. The van der Waals surface area contributed by atoms with Crippen molar-refractivity contribution in [2.45, 2.75) is 45.6 Å². The molecule has 0 amide bonds. The molecular formula is C15H23NO3. The topological polar surface area (TPSA) is 58.6 Å². The van der Waals surface area contributed by atoms with E-state index in [9.17, 15) is 4.79 Å². The van der Waals surface area contributed by atoms with Crippen LogP contribution in [-0.4, -0.2) is 23.7 Å². The van der Waals surface area contributed by atoms with E-state index in [1.54, 1.807) is 21.0 Å². The molecule has 19 heavy (non-hydrogen) atoms. The molecule has 2 N–H and O–H groups in total. The third-order valence-corrected chi connectivity index (χ3v) is 3.00. The maximum absolute atomic E-state index is 11.1. The van der Waals surface area contributed by atoms with Gasteiger partial charge in [0.05, 0.1) is 7.11 Å². The fraction of sp³-hybridized carbons (Fsp3) is 0.533. The summed E-state index contributed by atoms with van der Waals surface area (Å²) in [6.45, 7) is 9.55. The number of methoxy groups -OCH3 is 1. The lowest BCUT2D eigenvalue weighted by Gasteiger charge is -2.26. The Morgan fingerprint density at radius 2 is 1.79 bits per heavy atom. The maximum Gasteiger partial charge on any atom is 0.328 e. The van der Waals surface area contributed by atoms with Gasteiger partial charge in [-0.3, -0.25) is 0 Å². The molecular weight excluding hydrogens is 242 g/mol. The molecule has 4 nitrogen and oxygen atoms in total. The molecule has 0 fully saturated rings. The van der Waals surface area contributed by atoms with E-state index in [4.69, 9.17) is 9.84 Å². The van der Waals surface area contributed by atoms with E-state index >= 15 is 0 Å². The lowest BCUT2D eigenvalue weighted by Crippen LogP contribution is -2.40. The Morgan fingerprint density at radius 3 is 2.21 bits per heavy atom. The van der Waals surface area contributed by atoms with Gasteiger partial charge in [0.1, 0.15) is 11.3 Å². The van der Waals surface area contributed by atoms with Gasteiger partial charge in [-0.05, 0) is 37.5 Å². The Hall–Kier alpha value is -1.71. The summed E-state index contributed by atoms with van der Waals surface area (Å²) in [6.07, 6.45) is 0. The number of carbonyl (C=O) groups is 1. The molecule has 0 atom stereocenters. The van der Waals surface area contributed by atoms with Crippen LogP contribution >= 0.6 is 0 Å². The summed E-state index contributed by atoms with van der Waals surface area (Å²) < 4.78 is 5.36. The van der Waals surface area contributed by atoms with Crippen molar-refractivity contribution in [3.05, 3.63) is 23.8 Å². The smallest absolute Gasteiger partial charge is 0.328 e. The van der Waals surface area contributed by atoms with E-state index in [0.29, 0.717) is 0 Å². The zero-order valence-corrected chi connectivity index (χ0v) is 12.5. The van der Waals surface area contributed by atoms with Gasteiger partial charge in [0, 0.05) is 11.3 Å². The van der Waals surface area contributed by atoms with Crippen LogP contribution in [0, 0.1) is 0 Å². The predicted molar refractivity (Wildman–Crippen MR) is 77.0 cm³/mol. The number of hydrogen-bond acceptors (Lipinski definition) is 3. The number of anilines is 1. The number of benzene rings is 1. The average molecular weight is 265 g/mol. The molecule has 1 aromatic rings. The minimum atomic E-state index is -1.01. The zero-order chi connectivity index (χ0) is 14.8. The second-order valence-electron chi connectivity index (χ2n) is 6.22. The van der Waals surface area contributed by atoms with E-state index in [0.717, 1.165) is 17.0 Å². The molecule has 0 spiro atoms. The molecule has 0 bridgehead atoms. The molecule has 0 aliphatic rings. The van der Waals surface area contributed by atoms with Gasteiger partial charge in [-0.1, -0.05) is 20.8 Å². The number of nitrogens with one attached hydrogen (secondary N) is 1. The summed E-state index contributed by atoms with van der Waals surface area (Å²) in [5.41, 5.74) is 0.736. The van der Waals surface area contributed by atoms with Crippen LogP contribution in [0.15, 0.2) is 18.2 Å². The normalized spacial score (nSPS) is 12.1. The maximum atomic E-state index is 11.1. The first kappa shape index (κ1) is 15.3. The lowest BCUT2D eigenvalue weighted by atomic mass is 9.86. The van der Waals surface area contributed by atoms with Crippen LogP contribution in [0.5, 0.6) is 5.75 Å². The highest BCUT2D eigenvalue weighted by Gasteiger charge is 2.27. The third-order valence-electron chi connectivity index (χ3n) is 3.00. The Morgan fingerprint density at radius 1 is 1.21 bits per heavy atom. The van der Waals surface area contributed by atoms with Crippen molar-refractivity contribution in [2.24, 2.45) is 0 Å². The van der Waals surface area contributed by atoms with Gasteiger partial charge < -0.3 is 15.2 Å². The van der Waals surface area contributed by atoms with Crippen molar-refractivity contribution in [3.8, 4) is 5.75 Å². The van der Waals surface area contributed by atoms with Crippen LogP contribution in [-0.2, 0) is 10.2 Å². The van der Waals surface area contributed by atoms with E-state index < -0.39 is 11.5 Å². The van der Waals surface area contributed by atoms with Crippen LogP contribution in [0.3, 0.4) is 0 Å². The Balaban J connectivity index is 3.16. The second-order valence-corrected chi connectivity index (χ2v) is 6.22. The van der Waals surface area contributed by atoms with E-state index in [1.165, 1.54) is 0 Å². The van der Waals surface area contributed by atoms with Gasteiger partial charge in [-0.25, -0.2) is 4.79 Å². The summed E-state index contributed by atoms with van der Waals surface area (Å²) in [6, 6.07) is 5.64. The molecule has 1 aromatic carbocycles. The van der Waals surface area contributed by atoms with Crippen molar-refractivity contribution in [2.75, 3.05) is 12.4 Å². The van der Waals surface area contributed by atoms with Gasteiger partial charge in [0.15, 0.2) is 0 Å². The fourth-order valence-corrected chi connectivity index (χ4v) is 1.79. The summed E-state index contributed by atoms with van der Waals surface area (Å²) in [5, 5.41) is 12.2. The van der Waals surface area contributed by atoms with Gasteiger partial charge in [0.25, 0.3) is 0 Å². The summed E-state index contributed by atoms with van der Waals surface area (Å²) >= 11 is 0. The molecule has 4 heteroatoms. The van der Waals surface area contributed by atoms with Crippen molar-refractivity contribution in [1.82, 2.24) is 0 Å². The fourth-order valence-electron chi connectivity index (χ4n) is 1.79. The number of rotatable bonds is 4. The van der Waals surface area contributed by atoms with Gasteiger partial charge in [-0.2, -0.15) is 0 Å². The molecule has 1 rings (SSSR count). The van der Waals surface area contributed by atoms with Gasteiger partial charge in [0.2, 0.25) is 0 Å². The molecule has 0 aromatic heterocycles. The highest BCUT2D eigenvalue weighted by molar-refractivity contribution is 5.81. The van der Waals surface area contributed by atoms with Crippen LogP contribution in [0.25, 0.3) is 0 Å². The van der Waals surface area contributed by atoms with E-state index in [2.05, 4.69) is 26.1 Å². The predicted octanol–water partition coefficient (Wildman–Crippen LogP) is 3.27. The van der Waals surface area contributed by atoms with Crippen LogP contribution in [0.1, 0.15) is 40.2 Å². The van der Waals surface area contributed by atoms with E-state index in [-0.39, 0.29) is 5.41 Å². The number of ether oxygens (including phenoxy) is 1. The number of carboxylic acids is 1. The zero-order valence-electron chi connectivity index (χ0n) is 12.5. The Labute approximate surface area is 114 Å². The third kappa shape index (κ3) is 3.63. The Bertz CT molecular complexity index is 473. The number of carboxylic acid groups (broad SMARTS) is 1. The first-order valence-electron chi connectivity index (χ1n) is 6.28. The summed E-state index contributed by atoms with van der Waals surface area (Å²) in [7, 11) is 1.64. The molecule has 0 heterocycles.